The average molecular weight is 253 g/mol. The third-order valence-electron chi connectivity index (χ3n) is 4.92. The van der Waals surface area contributed by atoms with Crippen molar-refractivity contribution in [2.45, 2.75) is 77.4 Å². The molecule has 0 bridgehead atoms. The van der Waals surface area contributed by atoms with Crippen LogP contribution in [0.5, 0.6) is 0 Å². The van der Waals surface area contributed by atoms with E-state index in [4.69, 9.17) is 4.74 Å². The average Bonchev–Trinajstić information content (AvgIpc) is 3.01. The van der Waals surface area contributed by atoms with Gasteiger partial charge in [0.2, 0.25) is 0 Å². The molecule has 1 aliphatic carbocycles. The van der Waals surface area contributed by atoms with Crippen molar-refractivity contribution < 1.29 is 4.74 Å². The highest BCUT2D eigenvalue weighted by atomic mass is 16.5. The van der Waals surface area contributed by atoms with Gasteiger partial charge in [-0.05, 0) is 56.9 Å². The number of rotatable bonds is 7. The fourth-order valence-corrected chi connectivity index (χ4v) is 3.81. The first-order valence-corrected chi connectivity index (χ1v) is 8.16. The molecule has 2 rings (SSSR count). The summed E-state index contributed by atoms with van der Waals surface area (Å²) in [5, 5.41) is 3.81. The molecule has 106 valence electrons. The molecule has 2 nitrogen and oxygen atoms in total. The Bertz CT molecular complexity index is 225. The maximum absolute atomic E-state index is 5.77. The predicted octanol–water partition coefficient (Wildman–Crippen LogP) is 3.75. The standard InChI is InChI=1S/C16H31NO/c1-3-11-17-16(15-8-4-6-13(15)2)10-9-14-7-5-12-18-14/h13-17H,3-12H2,1-2H3. The van der Waals surface area contributed by atoms with Gasteiger partial charge in [0.05, 0.1) is 6.10 Å². The minimum absolute atomic E-state index is 0.563. The molecule has 4 unspecified atom stereocenters. The summed E-state index contributed by atoms with van der Waals surface area (Å²) < 4.78 is 5.77. The quantitative estimate of drug-likeness (QED) is 0.746. The molecular formula is C16H31NO. The summed E-state index contributed by atoms with van der Waals surface area (Å²) >= 11 is 0. The molecule has 18 heavy (non-hydrogen) atoms. The summed E-state index contributed by atoms with van der Waals surface area (Å²) in [6.45, 7) is 6.89. The predicted molar refractivity (Wildman–Crippen MR) is 76.8 cm³/mol. The first-order valence-electron chi connectivity index (χ1n) is 8.16. The van der Waals surface area contributed by atoms with Crippen LogP contribution in [0.1, 0.15) is 65.2 Å². The lowest BCUT2D eigenvalue weighted by molar-refractivity contribution is 0.0959. The normalized spacial score (nSPS) is 34.0. The van der Waals surface area contributed by atoms with Gasteiger partial charge in [-0.25, -0.2) is 0 Å². The van der Waals surface area contributed by atoms with Crippen LogP contribution >= 0.6 is 0 Å². The molecule has 0 aromatic carbocycles. The highest BCUT2D eigenvalue weighted by Crippen LogP contribution is 2.35. The molecule has 2 aliphatic rings. The van der Waals surface area contributed by atoms with E-state index in [9.17, 15) is 0 Å². The van der Waals surface area contributed by atoms with E-state index >= 15 is 0 Å². The van der Waals surface area contributed by atoms with Crippen LogP contribution in [0.15, 0.2) is 0 Å². The first-order chi connectivity index (χ1) is 8.81. The van der Waals surface area contributed by atoms with Gasteiger partial charge in [0.15, 0.2) is 0 Å². The lowest BCUT2D eigenvalue weighted by Gasteiger charge is -2.29. The van der Waals surface area contributed by atoms with E-state index in [0.717, 1.165) is 24.5 Å². The van der Waals surface area contributed by atoms with Gasteiger partial charge in [-0.3, -0.25) is 0 Å². The number of hydrogen-bond donors (Lipinski definition) is 1. The second-order valence-corrected chi connectivity index (χ2v) is 6.35. The first kappa shape index (κ1) is 14.3. The number of ether oxygens (including phenoxy) is 1. The zero-order valence-corrected chi connectivity index (χ0v) is 12.3. The Morgan fingerprint density at radius 2 is 2.11 bits per heavy atom. The van der Waals surface area contributed by atoms with Gasteiger partial charge in [0, 0.05) is 12.6 Å². The smallest absolute Gasteiger partial charge is 0.0576 e. The Kier molecular flexibility index (Phi) is 5.97. The minimum atomic E-state index is 0.563. The molecule has 1 aliphatic heterocycles. The van der Waals surface area contributed by atoms with E-state index in [0.29, 0.717) is 6.10 Å². The molecule has 1 heterocycles. The van der Waals surface area contributed by atoms with Gasteiger partial charge in [0.25, 0.3) is 0 Å². The summed E-state index contributed by atoms with van der Waals surface area (Å²) in [4.78, 5) is 0. The molecular weight excluding hydrogens is 222 g/mol. The Morgan fingerprint density at radius 1 is 1.22 bits per heavy atom. The molecule has 1 N–H and O–H groups in total. The van der Waals surface area contributed by atoms with Crippen molar-refractivity contribution in [2.75, 3.05) is 13.2 Å². The van der Waals surface area contributed by atoms with Gasteiger partial charge in [-0.2, -0.15) is 0 Å². The molecule has 0 spiro atoms. The van der Waals surface area contributed by atoms with Crippen molar-refractivity contribution in [3.63, 3.8) is 0 Å². The van der Waals surface area contributed by atoms with Crippen molar-refractivity contribution in [1.29, 1.82) is 0 Å². The van der Waals surface area contributed by atoms with Crippen molar-refractivity contribution in [3.05, 3.63) is 0 Å². The summed E-state index contributed by atoms with van der Waals surface area (Å²) in [5.41, 5.74) is 0. The van der Waals surface area contributed by atoms with Gasteiger partial charge in [-0.15, -0.1) is 0 Å². The molecule has 0 aromatic heterocycles. The Morgan fingerprint density at radius 3 is 2.72 bits per heavy atom. The molecule has 2 heteroatoms. The topological polar surface area (TPSA) is 21.3 Å². The van der Waals surface area contributed by atoms with Gasteiger partial charge in [0.1, 0.15) is 0 Å². The molecule has 1 saturated heterocycles. The lowest BCUT2D eigenvalue weighted by atomic mass is 9.86. The maximum Gasteiger partial charge on any atom is 0.0576 e. The van der Waals surface area contributed by atoms with Crippen molar-refractivity contribution in [1.82, 2.24) is 5.32 Å². The zero-order valence-electron chi connectivity index (χ0n) is 12.3. The molecule has 1 saturated carbocycles. The third kappa shape index (κ3) is 3.96. The van der Waals surface area contributed by atoms with Crippen LogP contribution in [-0.2, 0) is 4.74 Å². The Hall–Kier alpha value is -0.0800. The van der Waals surface area contributed by atoms with E-state index in [2.05, 4.69) is 19.2 Å². The van der Waals surface area contributed by atoms with Crippen LogP contribution < -0.4 is 5.32 Å². The summed E-state index contributed by atoms with van der Waals surface area (Å²) in [6, 6.07) is 0.742. The van der Waals surface area contributed by atoms with Crippen molar-refractivity contribution in [2.24, 2.45) is 11.8 Å². The third-order valence-corrected chi connectivity index (χ3v) is 4.92. The SMILES string of the molecule is CCCNC(CCC1CCCO1)C1CCCC1C. The summed E-state index contributed by atoms with van der Waals surface area (Å²) in [5.74, 6) is 1.84. The van der Waals surface area contributed by atoms with Crippen LogP contribution in [0, 0.1) is 11.8 Å². The Balaban J connectivity index is 1.79. The van der Waals surface area contributed by atoms with Crippen LogP contribution in [-0.4, -0.2) is 25.3 Å². The lowest BCUT2D eigenvalue weighted by Crippen LogP contribution is -2.38. The van der Waals surface area contributed by atoms with Crippen LogP contribution in [0.4, 0.5) is 0 Å². The van der Waals surface area contributed by atoms with E-state index in [1.807, 2.05) is 0 Å². The monoisotopic (exact) mass is 253 g/mol. The molecule has 4 atom stereocenters. The van der Waals surface area contributed by atoms with E-state index in [1.54, 1.807) is 0 Å². The van der Waals surface area contributed by atoms with Crippen LogP contribution in [0.2, 0.25) is 0 Å². The minimum Gasteiger partial charge on any atom is -0.378 e. The summed E-state index contributed by atoms with van der Waals surface area (Å²) in [7, 11) is 0. The zero-order chi connectivity index (χ0) is 12.8. The molecule has 2 fully saturated rings. The number of nitrogens with one attached hydrogen (secondary N) is 1. The van der Waals surface area contributed by atoms with Crippen molar-refractivity contribution in [3.8, 4) is 0 Å². The molecule has 0 amide bonds. The second kappa shape index (κ2) is 7.49. The van der Waals surface area contributed by atoms with Gasteiger partial charge in [-0.1, -0.05) is 26.7 Å². The fourth-order valence-electron chi connectivity index (χ4n) is 3.81. The maximum atomic E-state index is 5.77. The van der Waals surface area contributed by atoms with Gasteiger partial charge < -0.3 is 10.1 Å². The molecule has 0 radical (unpaired) electrons. The van der Waals surface area contributed by atoms with Crippen LogP contribution in [0.3, 0.4) is 0 Å². The van der Waals surface area contributed by atoms with Gasteiger partial charge >= 0.3 is 0 Å². The van der Waals surface area contributed by atoms with E-state index in [-0.39, 0.29) is 0 Å². The van der Waals surface area contributed by atoms with E-state index in [1.165, 1.54) is 57.9 Å². The highest BCUT2D eigenvalue weighted by Gasteiger charge is 2.31. The Labute approximate surface area is 113 Å². The number of hydrogen-bond acceptors (Lipinski definition) is 2. The summed E-state index contributed by atoms with van der Waals surface area (Å²) in [6.07, 6.45) is 11.3. The van der Waals surface area contributed by atoms with Crippen molar-refractivity contribution >= 4 is 0 Å². The van der Waals surface area contributed by atoms with E-state index < -0.39 is 0 Å². The largest absolute Gasteiger partial charge is 0.378 e. The fraction of sp³-hybridized carbons (Fsp3) is 1.00. The van der Waals surface area contributed by atoms with Crippen LogP contribution in [0.25, 0.3) is 0 Å². The second-order valence-electron chi connectivity index (χ2n) is 6.35. The highest BCUT2D eigenvalue weighted by molar-refractivity contribution is 4.85. The molecule has 0 aromatic rings.